The number of likely N-dealkylation sites (tertiary alicyclic amines) is 1. The molecule has 2 amide bonds. The summed E-state index contributed by atoms with van der Waals surface area (Å²) in [6, 6.07) is 21.1. The number of hydrogen-bond acceptors (Lipinski definition) is 15. The Morgan fingerprint density at radius 1 is 0.926 bits per heavy atom. The van der Waals surface area contributed by atoms with E-state index in [2.05, 4.69) is 47.1 Å². The molecule has 4 saturated heterocycles. The van der Waals surface area contributed by atoms with Crippen molar-refractivity contribution in [2.24, 2.45) is 5.92 Å². The van der Waals surface area contributed by atoms with Gasteiger partial charge in [-0.2, -0.15) is 15.1 Å². The van der Waals surface area contributed by atoms with E-state index >= 15 is 4.39 Å². The lowest BCUT2D eigenvalue weighted by molar-refractivity contribution is -0.142. The van der Waals surface area contributed by atoms with Gasteiger partial charge in [0.1, 0.15) is 47.6 Å². The summed E-state index contributed by atoms with van der Waals surface area (Å²) < 4.78 is 37.2. The molecule has 8 heterocycles. The Bertz CT molecular complexity index is 3630. The molecular formula is C61H65FN12O7. The molecule has 1 saturated carbocycles. The molecule has 0 unspecified atom stereocenters. The Morgan fingerprint density at radius 3 is 2.44 bits per heavy atom. The van der Waals surface area contributed by atoms with Crippen LogP contribution in [0.25, 0.3) is 55.3 Å². The molecule has 418 valence electrons. The third-order valence-electron chi connectivity index (χ3n) is 16.9. The Balaban J connectivity index is 0.785. The Kier molecular flexibility index (Phi) is 14.2. The van der Waals surface area contributed by atoms with E-state index in [-0.39, 0.29) is 67.9 Å². The second-order valence-corrected chi connectivity index (χ2v) is 22.7. The number of hydrogen-bond donors (Lipinski definition) is 5. The third-order valence-corrected chi connectivity index (χ3v) is 16.9. The number of anilines is 1. The lowest BCUT2D eigenvalue weighted by Gasteiger charge is -2.31. The number of halogens is 1. The summed E-state index contributed by atoms with van der Waals surface area (Å²) in [4.78, 5) is 47.1. The molecule has 81 heavy (non-hydrogen) atoms. The lowest BCUT2D eigenvalue weighted by Crippen LogP contribution is -2.50. The molecule has 1 aliphatic carbocycles. The number of pyridine rings is 1. The van der Waals surface area contributed by atoms with Crippen molar-refractivity contribution in [2.75, 3.05) is 44.4 Å². The molecule has 20 heteroatoms. The number of aromatic nitrogens is 8. The fraction of sp³-hybridized carbons (Fsp3) is 0.410. The number of benzene rings is 4. The lowest BCUT2D eigenvalue weighted by atomic mass is 9.88. The average molecular weight is 1100 g/mol. The zero-order valence-corrected chi connectivity index (χ0v) is 45.5. The summed E-state index contributed by atoms with van der Waals surface area (Å²) in [5, 5.41) is 45.9. The minimum absolute atomic E-state index is 0.0388. The zero-order chi connectivity index (χ0) is 55.5. The van der Waals surface area contributed by atoms with Gasteiger partial charge in [-0.05, 0) is 89.6 Å². The second-order valence-electron chi connectivity index (χ2n) is 22.7. The van der Waals surface area contributed by atoms with Crippen LogP contribution in [0, 0.1) is 18.7 Å². The number of β-amino-alcohol motifs (C(OH)–C–C–N with tert-alkyl or cyclic N) is 1. The Labute approximate surface area is 467 Å². The van der Waals surface area contributed by atoms with Crippen LogP contribution in [0.5, 0.6) is 11.8 Å². The number of ether oxygens (including phenoxy) is 3. The standard InChI is InChI=1S/C61H65FN12O7/c1-33(2)56(60(78)73-29-43(76)22-52(73)59(77)66-51(31-75)39-14-10-36(11-15-39)40-5-4-18-63-25-40)74-30-50(70-71-74)38-8-6-35(7-9-38)32-80-57-54(53-34(3)48(62)24-49-47(53)27-65-69-49)45(37-12-13-37)23-46-55(57)67-61(81-44-16-19-79-20-17-44)68-58(46)72-28-41-21-42(72)26-64-41/h4-11,14-15,18,23-25,27,30,33,37,41-44,51-52,56,64,75-76H,12-13,16-17,19-22,26,28-29,31-32H2,1-3H3,(H,65,69)(H,66,77)/t41-,42-,43+,51-,52-,56-/m0/s1. The Morgan fingerprint density at radius 2 is 1.73 bits per heavy atom. The van der Waals surface area contributed by atoms with Crippen LogP contribution in [-0.2, 0) is 20.9 Å². The summed E-state index contributed by atoms with van der Waals surface area (Å²) in [6.45, 7) is 8.19. The van der Waals surface area contributed by atoms with Crippen LogP contribution in [0.4, 0.5) is 10.2 Å². The molecule has 6 atom stereocenters. The summed E-state index contributed by atoms with van der Waals surface area (Å²) in [5.41, 5.74) is 8.90. The first-order valence-electron chi connectivity index (χ1n) is 28.3. The van der Waals surface area contributed by atoms with Gasteiger partial charge in [0.2, 0.25) is 11.8 Å². The van der Waals surface area contributed by atoms with Crippen LogP contribution in [-0.4, -0.2) is 137 Å². The van der Waals surface area contributed by atoms with Crippen LogP contribution in [0.15, 0.2) is 97.6 Å². The molecule has 5 aliphatic rings. The molecule has 13 rings (SSSR count). The maximum atomic E-state index is 16.2. The van der Waals surface area contributed by atoms with Crippen molar-refractivity contribution in [2.45, 2.75) is 114 Å². The van der Waals surface area contributed by atoms with E-state index in [0.29, 0.717) is 58.4 Å². The van der Waals surface area contributed by atoms with Gasteiger partial charge >= 0.3 is 6.01 Å². The second kappa shape index (κ2) is 21.9. The smallest absolute Gasteiger partial charge is 0.319 e. The van der Waals surface area contributed by atoms with Gasteiger partial charge in [-0.3, -0.25) is 19.7 Å². The first-order chi connectivity index (χ1) is 39.5. The normalized spacial score (nSPS) is 20.9. The number of aromatic amines is 1. The summed E-state index contributed by atoms with van der Waals surface area (Å²) in [6.07, 6.45) is 10.4. The number of carbonyl (C=O) groups is 2. The topological polar surface area (TPSA) is 231 Å². The SMILES string of the molecule is Cc1c(F)cc2[nH]ncc2c1-c1c(C2CC2)cc2c(N3C[C@@H]4C[C@H]3CN4)nc(OC3CCOCC3)nc2c1OCc1ccc(-c2cn([C@H](C(=O)N3C[C@H](O)C[C@H]3C(=O)N[C@@H](CO)c3ccc(-c4cccnc4)cc3)C(C)C)nn2)cc1. The highest BCUT2D eigenvalue weighted by Crippen LogP contribution is 2.53. The van der Waals surface area contributed by atoms with Gasteiger partial charge in [-0.1, -0.05) is 73.7 Å². The molecule has 8 aromatic rings. The van der Waals surface area contributed by atoms with Gasteiger partial charge in [0.25, 0.3) is 0 Å². The van der Waals surface area contributed by atoms with Gasteiger partial charge in [0.05, 0.1) is 49.9 Å². The van der Waals surface area contributed by atoms with E-state index in [4.69, 9.17) is 24.2 Å². The van der Waals surface area contributed by atoms with Crippen molar-refractivity contribution >= 4 is 39.4 Å². The predicted molar refractivity (Wildman–Crippen MR) is 301 cm³/mol. The highest BCUT2D eigenvalue weighted by Gasteiger charge is 2.44. The maximum Gasteiger partial charge on any atom is 0.319 e. The minimum Gasteiger partial charge on any atom is -0.486 e. The van der Waals surface area contributed by atoms with E-state index in [1.807, 2.05) is 81.4 Å². The quantitative estimate of drug-likeness (QED) is 0.0594. The van der Waals surface area contributed by atoms with Crippen molar-refractivity contribution in [3.8, 4) is 45.3 Å². The third kappa shape index (κ3) is 10.2. The van der Waals surface area contributed by atoms with Crippen LogP contribution < -0.4 is 25.0 Å². The number of aliphatic hydroxyl groups excluding tert-OH is 2. The number of amides is 2. The van der Waals surface area contributed by atoms with Gasteiger partial charge in [-0.25, -0.2) is 9.07 Å². The molecule has 4 aromatic carbocycles. The number of carbonyl (C=O) groups excluding carboxylic acids is 2. The monoisotopic (exact) mass is 1100 g/mol. The molecule has 4 aliphatic heterocycles. The zero-order valence-electron chi connectivity index (χ0n) is 45.5. The van der Waals surface area contributed by atoms with E-state index in [9.17, 15) is 19.8 Å². The molecule has 5 N–H and O–H groups in total. The van der Waals surface area contributed by atoms with E-state index in [1.54, 1.807) is 24.8 Å². The molecular weight excluding hydrogens is 1030 g/mol. The highest BCUT2D eigenvalue weighted by atomic mass is 19.1. The van der Waals surface area contributed by atoms with Crippen molar-refractivity contribution in [1.82, 2.24) is 55.7 Å². The maximum absolute atomic E-state index is 16.2. The summed E-state index contributed by atoms with van der Waals surface area (Å²) >= 11 is 0. The highest BCUT2D eigenvalue weighted by molar-refractivity contribution is 6.06. The number of nitrogens with zero attached hydrogens (tertiary/aromatic N) is 9. The van der Waals surface area contributed by atoms with Crippen LogP contribution >= 0.6 is 0 Å². The first kappa shape index (κ1) is 52.5. The minimum atomic E-state index is -0.982. The molecule has 4 aromatic heterocycles. The predicted octanol–water partition coefficient (Wildman–Crippen LogP) is 7.51. The Hall–Kier alpha value is -7.91. The molecule has 19 nitrogen and oxygen atoms in total. The number of H-pyrrole nitrogens is 1. The fourth-order valence-corrected chi connectivity index (χ4v) is 12.4. The van der Waals surface area contributed by atoms with Crippen LogP contribution in [0.2, 0.25) is 0 Å². The number of aliphatic hydroxyl groups is 2. The van der Waals surface area contributed by atoms with Gasteiger partial charge in [0.15, 0.2) is 5.75 Å². The van der Waals surface area contributed by atoms with Gasteiger partial charge in [-0.15, -0.1) is 5.10 Å². The number of rotatable bonds is 17. The molecule has 2 bridgehead atoms. The van der Waals surface area contributed by atoms with Crippen molar-refractivity contribution in [3.63, 3.8) is 0 Å². The van der Waals surface area contributed by atoms with Crippen molar-refractivity contribution in [1.29, 1.82) is 0 Å². The van der Waals surface area contributed by atoms with E-state index in [1.165, 1.54) is 15.6 Å². The number of fused-ring (bicyclic) bond motifs is 4. The fourth-order valence-electron chi connectivity index (χ4n) is 12.4. The average Bonchev–Trinajstić information content (AvgIpc) is 4.15. The van der Waals surface area contributed by atoms with Gasteiger partial charge < -0.3 is 44.9 Å². The molecule has 5 fully saturated rings. The molecule has 0 radical (unpaired) electrons. The van der Waals surface area contributed by atoms with Crippen LogP contribution in [0.1, 0.15) is 92.6 Å². The molecule has 0 spiro atoms. The van der Waals surface area contributed by atoms with E-state index in [0.717, 1.165) is 95.2 Å². The number of piperazine rings is 1. The van der Waals surface area contributed by atoms with Gasteiger partial charge in [0, 0.05) is 90.8 Å². The summed E-state index contributed by atoms with van der Waals surface area (Å²) in [7, 11) is 0. The van der Waals surface area contributed by atoms with Crippen molar-refractivity contribution < 1.29 is 38.4 Å². The van der Waals surface area contributed by atoms with Crippen LogP contribution in [0.3, 0.4) is 0 Å². The first-order valence-corrected chi connectivity index (χ1v) is 28.3. The summed E-state index contributed by atoms with van der Waals surface area (Å²) in [5.74, 6) is 0.0741. The number of nitrogens with one attached hydrogen (secondary N) is 3. The largest absolute Gasteiger partial charge is 0.486 e. The van der Waals surface area contributed by atoms with E-state index < -0.39 is 30.1 Å². The van der Waals surface area contributed by atoms with Crippen molar-refractivity contribution in [3.05, 3.63) is 126 Å².